The third-order valence-corrected chi connectivity index (χ3v) is 3.98. The van der Waals surface area contributed by atoms with Gasteiger partial charge in [0.2, 0.25) is 5.91 Å². The second-order valence-corrected chi connectivity index (χ2v) is 5.04. The lowest BCUT2D eigenvalue weighted by Gasteiger charge is -2.40. The molecule has 1 aromatic rings. The van der Waals surface area contributed by atoms with Crippen LogP contribution >= 0.6 is 0 Å². The number of nitrogens with one attached hydrogen (secondary N) is 2. The normalized spacial score (nSPS) is 31.2. The van der Waals surface area contributed by atoms with Gasteiger partial charge < -0.3 is 5.32 Å². The summed E-state index contributed by atoms with van der Waals surface area (Å²) < 4.78 is 0. The van der Waals surface area contributed by atoms with E-state index in [-0.39, 0.29) is 29.8 Å². The number of hydrogen-bond acceptors (Lipinski definition) is 2. The van der Waals surface area contributed by atoms with Crippen LogP contribution in [0.5, 0.6) is 0 Å². The van der Waals surface area contributed by atoms with Crippen LogP contribution in [-0.4, -0.2) is 18.0 Å². The summed E-state index contributed by atoms with van der Waals surface area (Å²) in [6, 6.07) is 9.75. The SMILES string of the molecule is O=C1NC(=O)C2C(CCCC2c2ccccc2)N1. The topological polar surface area (TPSA) is 58.2 Å². The Labute approximate surface area is 106 Å². The fraction of sp³-hybridized carbons (Fsp3) is 0.429. The van der Waals surface area contributed by atoms with Gasteiger partial charge in [0.15, 0.2) is 0 Å². The fourth-order valence-electron chi connectivity index (χ4n) is 3.20. The number of fused-ring (bicyclic) bond motifs is 1. The van der Waals surface area contributed by atoms with Crippen molar-refractivity contribution in [1.29, 1.82) is 0 Å². The van der Waals surface area contributed by atoms with E-state index in [4.69, 9.17) is 0 Å². The third kappa shape index (κ3) is 1.88. The molecule has 4 nitrogen and oxygen atoms in total. The van der Waals surface area contributed by atoms with E-state index in [2.05, 4.69) is 22.8 Å². The van der Waals surface area contributed by atoms with Gasteiger partial charge in [-0.05, 0) is 24.3 Å². The Morgan fingerprint density at radius 3 is 2.61 bits per heavy atom. The molecule has 3 amide bonds. The van der Waals surface area contributed by atoms with Crippen molar-refractivity contribution in [1.82, 2.24) is 10.6 Å². The lowest BCUT2D eigenvalue weighted by atomic mass is 9.71. The highest BCUT2D eigenvalue weighted by Crippen LogP contribution is 2.39. The minimum absolute atomic E-state index is 0.00907. The van der Waals surface area contributed by atoms with E-state index in [1.54, 1.807) is 0 Å². The standard InChI is InChI=1S/C14H16N2O2/c17-13-12-10(9-5-2-1-3-6-9)7-4-8-11(12)15-14(18)16-13/h1-3,5-6,10-12H,4,7-8H2,(H2,15,16,17,18). The summed E-state index contributed by atoms with van der Waals surface area (Å²) in [6.45, 7) is 0. The molecule has 3 atom stereocenters. The first-order chi connectivity index (χ1) is 8.75. The molecule has 3 unspecified atom stereocenters. The molecule has 3 rings (SSSR count). The zero-order valence-corrected chi connectivity index (χ0v) is 10.1. The second-order valence-electron chi connectivity index (χ2n) is 5.04. The van der Waals surface area contributed by atoms with Crippen LogP contribution in [0.3, 0.4) is 0 Å². The van der Waals surface area contributed by atoms with Crippen LogP contribution in [0.15, 0.2) is 30.3 Å². The van der Waals surface area contributed by atoms with Crippen molar-refractivity contribution in [3.63, 3.8) is 0 Å². The maximum Gasteiger partial charge on any atom is 0.321 e. The predicted molar refractivity (Wildman–Crippen MR) is 67.0 cm³/mol. The molecule has 0 radical (unpaired) electrons. The number of imide groups is 1. The van der Waals surface area contributed by atoms with Gasteiger partial charge in [0.25, 0.3) is 0 Å². The molecule has 1 saturated carbocycles. The average Bonchev–Trinajstić information content (AvgIpc) is 2.38. The van der Waals surface area contributed by atoms with E-state index in [9.17, 15) is 9.59 Å². The van der Waals surface area contributed by atoms with Gasteiger partial charge in [-0.15, -0.1) is 0 Å². The van der Waals surface area contributed by atoms with Crippen LogP contribution in [0.2, 0.25) is 0 Å². The predicted octanol–water partition coefficient (Wildman–Crippen LogP) is 1.78. The molecule has 1 saturated heterocycles. The molecule has 1 aliphatic carbocycles. The van der Waals surface area contributed by atoms with Crippen LogP contribution in [0, 0.1) is 5.92 Å². The van der Waals surface area contributed by atoms with Crippen LogP contribution in [0.1, 0.15) is 30.7 Å². The van der Waals surface area contributed by atoms with Crippen molar-refractivity contribution in [2.75, 3.05) is 0 Å². The summed E-state index contributed by atoms with van der Waals surface area (Å²) in [6.07, 6.45) is 2.95. The molecule has 1 aliphatic heterocycles. The number of rotatable bonds is 1. The van der Waals surface area contributed by atoms with E-state index in [1.165, 1.54) is 5.56 Å². The Kier molecular flexibility index (Phi) is 2.78. The minimum Gasteiger partial charge on any atom is -0.334 e. The quantitative estimate of drug-likeness (QED) is 0.791. The molecule has 2 N–H and O–H groups in total. The molecule has 2 fully saturated rings. The summed E-state index contributed by atoms with van der Waals surface area (Å²) in [5, 5.41) is 5.27. The number of hydrogen-bond donors (Lipinski definition) is 2. The minimum atomic E-state index is -0.352. The summed E-state index contributed by atoms with van der Waals surface area (Å²) >= 11 is 0. The van der Waals surface area contributed by atoms with E-state index < -0.39 is 0 Å². The van der Waals surface area contributed by atoms with Crippen LogP contribution < -0.4 is 10.6 Å². The van der Waals surface area contributed by atoms with Crippen molar-refractivity contribution >= 4 is 11.9 Å². The van der Waals surface area contributed by atoms with Gasteiger partial charge in [0.1, 0.15) is 0 Å². The summed E-state index contributed by atoms with van der Waals surface area (Å²) in [5.74, 6) is -0.0401. The first-order valence-corrected chi connectivity index (χ1v) is 6.42. The van der Waals surface area contributed by atoms with Crippen molar-refractivity contribution in [3.8, 4) is 0 Å². The van der Waals surface area contributed by atoms with Gasteiger partial charge in [-0.1, -0.05) is 36.8 Å². The number of urea groups is 1. The van der Waals surface area contributed by atoms with Gasteiger partial charge in [-0.2, -0.15) is 0 Å². The maximum atomic E-state index is 12.1. The number of amides is 3. The highest BCUT2D eigenvalue weighted by atomic mass is 16.2. The highest BCUT2D eigenvalue weighted by Gasteiger charge is 2.43. The Bertz CT molecular complexity index is 472. The van der Waals surface area contributed by atoms with Crippen LogP contribution in [0.25, 0.3) is 0 Å². The van der Waals surface area contributed by atoms with E-state index in [0.717, 1.165) is 19.3 Å². The molecular formula is C14H16N2O2. The van der Waals surface area contributed by atoms with Gasteiger partial charge in [-0.3, -0.25) is 10.1 Å². The molecule has 4 heteroatoms. The van der Waals surface area contributed by atoms with Gasteiger partial charge in [0, 0.05) is 6.04 Å². The van der Waals surface area contributed by atoms with E-state index in [1.807, 2.05) is 18.2 Å². The smallest absolute Gasteiger partial charge is 0.321 e. The molecule has 0 bridgehead atoms. The monoisotopic (exact) mass is 244 g/mol. The Morgan fingerprint density at radius 1 is 1.06 bits per heavy atom. The summed E-state index contributed by atoms with van der Waals surface area (Å²) in [7, 11) is 0. The van der Waals surface area contributed by atoms with Crippen LogP contribution in [-0.2, 0) is 4.79 Å². The average molecular weight is 244 g/mol. The third-order valence-electron chi connectivity index (χ3n) is 3.98. The Balaban J connectivity index is 1.91. The number of benzene rings is 1. The first-order valence-electron chi connectivity index (χ1n) is 6.42. The molecule has 1 aromatic carbocycles. The van der Waals surface area contributed by atoms with Crippen molar-refractivity contribution < 1.29 is 9.59 Å². The summed E-state index contributed by atoms with van der Waals surface area (Å²) in [5.41, 5.74) is 1.19. The first kappa shape index (κ1) is 11.3. The molecule has 18 heavy (non-hydrogen) atoms. The van der Waals surface area contributed by atoms with Crippen molar-refractivity contribution in [3.05, 3.63) is 35.9 Å². The van der Waals surface area contributed by atoms with Gasteiger partial charge in [-0.25, -0.2) is 4.79 Å². The van der Waals surface area contributed by atoms with E-state index >= 15 is 0 Å². The van der Waals surface area contributed by atoms with Gasteiger partial charge >= 0.3 is 6.03 Å². The molecular weight excluding hydrogens is 228 g/mol. The highest BCUT2D eigenvalue weighted by molar-refractivity contribution is 5.99. The molecule has 2 aliphatic rings. The van der Waals surface area contributed by atoms with Crippen molar-refractivity contribution in [2.24, 2.45) is 5.92 Å². The van der Waals surface area contributed by atoms with Crippen molar-refractivity contribution in [2.45, 2.75) is 31.2 Å². The largest absolute Gasteiger partial charge is 0.334 e. The lowest BCUT2D eigenvalue weighted by molar-refractivity contribution is -0.127. The number of carbonyl (C=O) groups is 2. The molecule has 0 spiro atoms. The Morgan fingerprint density at radius 2 is 1.83 bits per heavy atom. The molecule has 0 aromatic heterocycles. The second kappa shape index (κ2) is 4.44. The van der Waals surface area contributed by atoms with E-state index in [0.29, 0.717) is 0 Å². The zero-order chi connectivity index (χ0) is 12.5. The van der Waals surface area contributed by atoms with Gasteiger partial charge in [0.05, 0.1) is 5.92 Å². The van der Waals surface area contributed by atoms with Crippen LogP contribution in [0.4, 0.5) is 4.79 Å². The Hall–Kier alpha value is -1.84. The fourth-order valence-corrected chi connectivity index (χ4v) is 3.20. The molecule has 94 valence electrons. The number of carbonyl (C=O) groups excluding carboxylic acids is 2. The maximum absolute atomic E-state index is 12.1. The zero-order valence-electron chi connectivity index (χ0n) is 10.1. The lowest BCUT2D eigenvalue weighted by Crippen LogP contribution is -2.60. The summed E-state index contributed by atoms with van der Waals surface area (Å²) in [4.78, 5) is 23.4. The molecule has 1 heterocycles.